The number of amides is 2. The molecule has 39 heavy (non-hydrogen) atoms. The SMILES string of the molecule is C[C@H]1CN(Cc2ccc(N(C)C(=O)c3ccc(Oc4cccc(F)c4)nc3)cc2)CC[N+]1(C(=O)O)C(C)(C)C. The van der Waals surface area contributed by atoms with Crippen LogP contribution in [0.5, 0.6) is 11.6 Å². The number of anilines is 1. The zero-order valence-corrected chi connectivity index (χ0v) is 23.1. The Kier molecular flexibility index (Phi) is 8.04. The number of halogens is 1. The van der Waals surface area contributed by atoms with Crippen LogP contribution < -0.4 is 9.64 Å². The average Bonchev–Trinajstić information content (AvgIpc) is 2.88. The number of ether oxygens (including phenoxy) is 1. The van der Waals surface area contributed by atoms with Gasteiger partial charge in [0.05, 0.1) is 12.1 Å². The Balaban J connectivity index is 1.36. The Labute approximate surface area is 228 Å². The number of quaternary nitrogens is 1. The van der Waals surface area contributed by atoms with Crippen LogP contribution in [0, 0.1) is 5.82 Å². The van der Waals surface area contributed by atoms with Gasteiger partial charge in [-0.25, -0.2) is 13.9 Å². The highest BCUT2D eigenvalue weighted by molar-refractivity contribution is 6.05. The molecule has 3 aromatic rings. The van der Waals surface area contributed by atoms with E-state index in [9.17, 15) is 19.1 Å². The van der Waals surface area contributed by atoms with Gasteiger partial charge in [-0.1, -0.05) is 18.2 Å². The molecule has 0 saturated carbocycles. The Morgan fingerprint density at radius 3 is 2.44 bits per heavy atom. The van der Waals surface area contributed by atoms with E-state index in [-0.39, 0.29) is 27.9 Å². The maximum absolute atomic E-state index is 13.4. The maximum atomic E-state index is 13.4. The van der Waals surface area contributed by atoms with Gasteiger partial charge in [0.15, 0.2) is 0 Å². The Morgan fingerprint density at radius 2 is 1.87 bits per heavy atom. The molecule has 1 saturated heterocycles. The molecule has 206 valence electrons. The molecular weight excluding hydrogens is 499 g/mol. The molecule has 0 spiro atoms. The van der Waals surface area contributed by atoms with E-state index in [1.807, 2.05) is 52.0 Å². The van der Waals surface area contributed by atoms with Crippen LogP contribution in [0.15, 0.2) is 66.9 Å². The van der Waals surface area contributed by atoms with Gasteiger partial charge in [0.2, 0.25) is 5.88 Å². The van der Waals surface area contributed by atoms with Gasteiger partial charge in [-0.05, 0) is 63.6 Å². The van der Waals surface area contributed by atoms with Crippen molar-refractivity contribution in [2.24, 2.45) is 0 Å². The van der Waals surface area contributed by atoms with Crippen molar-refractivity contribution in [2.75, 3.05) is 31.6 Å². The summed E-state index contributed by atoms with van der Waals surface area (Å²) in [6, 6.07) is 16.7. The fourth-order valence-electron chi connectivity index (χ4n) is 5.45. The Hall–Kier alpha value is -3.82. The fourth-order valence-corrected chi connectivity index (χ4v) is 5.45. The number of hydrogen-bond acceptors (Lipinski definition) is 5. The lowest BCUT2D eigenvalue weighted by Gasteiger charge is -2.52. The van der Waals surface area contributed by atoms with E-state index in [1.54, 1.807) is 36.2 Å². The first-order valence-corrected chi connectivity index (χ1v) is 13.0. The van der Waals surface area contributed by atoms with Gasteiger partial charge >= 0.3 is 6.09 Å². The number of carbonyl (C=O) groups is 2. The molecule has 0 aliphatic carbocycles. The first kappa shape index (κ1) is 28.2. The molecular formula is C30H36FN4O4+. The number of hydrogen-bond donors (Lipinski definition) is 1. The summed E-state index contributed by atoms with van der Waals surface area (Å²) in [5, 5.41) is 10.1. The van der Waals surface area contributed by atoms with Crippen LogP contribution in [0.2, 0.25) is 0 Å². The standard InChI is InChI=1S/C30H35FN4O4/c1-21-19-34(15-16-35(21,29(37)38)30(2,3)4)20-22-9-12-25(13-10-22)33(5)28(36)23-11-14-27(32-18-23)39-26-8-6-7-24(31)17-26/h6-14,17-18,21H,15-16,19-20H2,1-5H3/p+1/t21-,35?/m0/s1. The third kappa shape index (κ3) is 5.94. The largest absolute Gasteiger partial charge is 0.514 e. The van der Waals surface area contributed by atoms with Gasteiger partial charge in [-0.2, -0.15) is 4.79 Å². The van der Waals surface area contributed by atoms with Crippen molar-refractivity contribution < 1.29 is 28.3 Å². The Morgan fingerprint density at radius 1 is 1.15 bits per heavy atom. The molecule has 9 heteroatoms. The molecule has 1 aliphatic rings. The highest BCUT2D eigenvalue weighted by atomic mass is 19.1. The van der Waals surface area contributed by atoms with Gasteiger partial charge in [-0.15, -0.1) is 0 Å². The first-order chi connectivity index (χ1) is 18.4. The van der Waals surface area contributed by atoms with Gasteiger partial charge in [0.1, 0.15) is 29.7 Å². The van der Waals surface area contributed by atoms with E-state index in [0.29, 0.717) is 37.5 Å². The van der Waals surface area contributed by atoms with Gasteiger partial charge in [0.25, 0.3) is 5.91 Å². The average molecular weight is 536 g/mol. The zero-order chi connectivity index (χ0) is 28.4. The number of benzene rings is 2. The van der Waals surface area contributed by atoms with Crippen molar-refractivity contribution in [3.63, 3.8) is 0 Å². The van der Waals surface area contributed by atoms with Crippen LogP contribution in [0.25, 0.3) is 0 Å². The molecule has 0 radical (unpaired) electrons. The number of nitrogens with zero attached hydrogens (tertiary/aromatic N) is 4. The number of rotatable bonds is 6. The van der Waals surface area contributed by atoms with Crippen LogP contribution in [-0.4, -0.2) is 69.7 Å². The maximum Gasteiger partial charge on any atom is 0.514 e. The zero-order valence-electron chi connectivity index (χ0n) is 23.1. The molecule has 2 aromatic carbocycles. The van der Waals surface area contributed by atoms with E-state index >= 15 is 0 Å². The van der Waals surface area contributed by atoms with E-state index < -0.39 is 11.9 Å². The van der Waals surface area contributed by atoms with Gasteiger partial charge in [-0.3, -0.25) is 9.69 Å². The lowest BCUT2D eigenvalue weighted by atomic mass is 9.95. The normalized spacial score (nSPS) is 19.9. The van der Waals surface area contributed by atoms with Crippen molar-refractivity contribution in [1.82, 2.24) is 9.88 Å². The first-order valence-electron chi connectivity index (χ1n) is 13.0. The molecule has 2 atom stereocenters. The summed E-state index contributed by atoms with van der Waals surface area (Å²) in [7, 11) is 1.71. The fraction of sp³-hybridized carbons (Fsp3) is 0.367. The van der Waals surface area contributed by atoms with Crippen molar-refractivity contribution in [3.8, 4) is 11.6 Å². The minimum Gasteiger partial charge on any atom is -0.439 e. The van der Waals surface area contributed by atoms with E-state index in [4.69, 9.17) is 4.74 Å². The predicted octanol–water partition coefficient (Wildman–Crippen LogP) is 5.79. The lowest BCUT2D eigenvalue weighted by molar-refractivity contribution is -0.929. The summed E-state index contributed by atoms with van der Waals surface area (Å²) >= 11 is 0. The number of pyridine rings is 1. The van der Waals surface area contributed by atoms with E-state index in [0.717, 1.165) is 11.3 Å². The molecule has 1 aromatic heterocycles. The van der Waals surface area contributed by atoms with Crippen LogP contribution in [0.4, 0.5) is 14.9 Å². The van der Waals surface area contributed by atoms with Gasteiger partial charge < -0.3 is 14.7 Å². The smallest absolute Gasteiger partial charge is 0.439 e. The second-order valence-electron chi connectivity index (χ2n) is 11.1. The molecule has 1 N–H and O–H groups in total. The summed E-state index contributed by atoms with van der Waals surface area (Å²) in [6.45, 7) is 10.6. The molecule has 0 bridgehead atoms. The lowest BCUT2D eigenvalue weighted by Crippen LogP contribution is -2.73. The van der Waals surface area contributed by atoms with Crippen LogP contribution in [0.1, 0.15) is 43.6 Å². The molecule has 1 fully saturated rings. The monoisotopic (exact) mass is 535 g/mol. The number of piperazine rings is 1. The van der Waals surface area contributed by atoms with Gasteiger partial charge in [0, 0.05) is 44.2 Å². The van der Waals surface area contributed by atoms with Crippen LogP contribution >= 0.6 is 0 Å². The van der Waals surface area contributed by atoms with Crippen molar-refractivity contribution in [2.45, 2.75) is 45.8 Å². The third-order valence-electron chi connectivity index (χ3n) is 7.62. The van der Waals surface area contributed by atoms with Crippen LogP contribution in [0.3, 0.4) is 0 Å². The number of aromatic nitrogens is 1. The van der Waals surface area contributed by atoms with Crippen molar-refractivity contribution in [1.29, 1.82) is 0 Å². The highest BCUT2D eigenvalue weighted by Gasteiger charge is 2.54. The molecule has 4 rings (SSSR count). The topological polar surface area (TPSA) is 83.0 Å². The van der Waals surface area contributed by atoms with E-state index in [2.05, 4.69) is 9.88 Å². The van der Waals surface area contributed by atoms with E-state index in [1.165, 1.54) is 18.3 Å². The summed E-state index contributed by atoms with van der Waals surface area (Å²) in [6.07, 6.45) is 0.669. The number of carbonyl (C=O) groups excluding carboxylic acids is 1. The molecule has 2 amide bonds. The predicted molar refractivity (Wildman–Crippen MR) is 148 cm³/mol. The van der Waals surface area contributed by atoms with Crippen LogP contribution in [-0.2, 0) is 6.54 Å². The summed E-state index contributed by atoms with van der Waals surface area (Å²) in [5.41, 5.74) is 1.85. The summed E-state index contributed by atoms with van der Waals surface area (Å²) < 4.78 is 19.0. The second-order valence-corrected chi connectivity index (χ2v) is 11.1. The molecule has 1 aliphatic heterocycles. The minimum absolute atomic E-state index is 0.0430. The number of carboxylic acid groups (broad SMARTS) is 1. The molecule has 2 heterocycles. The summed E-state index contributed by atoms with van der Waals surface area (Å²) in [5.74, 6) is -0.0369. The third-order valence-corrected chi connectivity index (χ3v) is 7.62. The molecule has 8 nitrogen and oxygen atoms in total. The quantitative estimate of drug-likeness (QED) is 0.403. The second kappa shape index (κ2) is 11.1. The molecule has 1 unspecified atom stereocenters. The summed E-state index contributed by atoms with van der Waals surface area (Å²) in [4.78, 5) is 33.3. The minimum atomic E-state index is -0.768. The van der Waals surface area contributed by atoms with Crippen molar-refractivity contribution in [3.05, 3.63) is 83.8 Å². The Bertz CT molecular complexity index is 1320. The highest BCUT2D eigenvalue weighted by Crippen LogP contribution is 2.33. The van der Waals surface area contributed by atoms with Crippen molar-refractivity contribution >= 4 is 17.7 Å².